The van der Waals surface area contributed by atoms with Crippen LogP contribution >= 0.6 is 0 Å². The van der Waals surface area contributed by atoms with Crippen LogP contribution in [0, 0.1) is 0 Å². The number of anilines is 1. The minimum absolute atomic E-state index is 0.167. The van der Waals surface area contributed by atoms with E-state index in [4.69, 9.17) is 5.11 Å². The molecular weight excluding hydrogens is 218 g/mol. The van der Waals surface area contributed by atoms with E-state index in [-0.39, 0.29) is 6.54 Å². The lowest BCUT2D eigenvalue weighted by molar-refractivity contribution is -0.134. The first-order chi connectivity index (χ1) is 8.25. The molecule has 2 rings (SSSR count). The zero-order valence-electron chi connectivity index (χ0n) is 9.00. The molecule has 2 N–H and O–H groups in total. The predicted molar refractivity (Wildman–Crippen MR) is 63.6 cm³/mol. The van der Waals surface area contributed by atoms with E-state index in [0.29, 0.717) is 5.82 Å². The second-order valence-corrected chi connectivity index (χ2v) is 3.42. The van der Waals surface area contributed by atoms with E-state index in [9.17, 15) is 4.79 Å². The van der Waals surface area contributed by atoms with Crippen LogP contribution in [-0.4, -0.2) is 27.8 Å². The topological polar surface area (TPSA) is 75.1 Å². The van der Waals surface area contributed by atoms with Gasteiger partial charge in [-0.2, -0.15) is 0 Å². The number of aliphatic carboxylic acids is 1. The number of hydrogen-bond donors (Lipinski definition) is 2. The summed E-state index contributed by atoms with van der Waals surface area (Å²) in [5.41, 5.74) is 1.73. The van der Waals surface area contributed by atoms with Crippen molar-refractivity contribution in [2.75, 3.05) is 11.9 Å². The van der Waals surface area contributed by atoms with Crippen LogP contribution in [0.5, 0.6) is 0 Å². The predicted octanol–water partition coefficient (Wildman–Crippen LogP) is 1.64. The number of hydrogen-bond acceptors (Lipinski definition) is 4. The lowest BCUT2D eigenvalue weighted by Crippen LogP contribution is -2.13. The van der Waals surface area contributed by atoms with Crippen LogP contribution in [0.25, 0.3) is 11.3 Å². The maximum Gasteiger partial charge on any atom is 0.322 e. The number of aromatic nitrogens is 2. The maximum atomic E-state index is 10.4. The molecule has 0 saturated heterocycles. The fraction of sp³-hybridized carbons (Fsp3) is 0.0833. The maximum absolute atomic E-state index is 10.4. The van der Waals surface area contributed by atoms with Crippen LogP contribution in [0.1, 0.15) is 0 Å². The van der Waals surface area contributed by atoms with Gasteiger partial charge in [0.15, 0.2) is 0 Å². The van der Waals surface area contributed by atoms with Gasteiger partial charge in [-0.05, 0) is 12.1 Å². The molecule has 17 heavy (non-hydrogen) atoms. The number of nitrogens with one attached hydrogen (secondary N) is 1. The van der Waals surface area contributed by atoms with Crippen molar-refractivity contribution in [1.82, 2.24) is 10.2 Å². The van der Waals surface area contributed by atoms with Crippen LogP contribution in [0.4, 0.5) is 5.82 Å². The normalized spacial score (nSPS) is 9.88. The highest BCUT2D eigenvalue weighted by atomic mass is 16.4. The van der Waals surface area contributed by atoms with Gasteiger partial charge in [0, 0.05) is 5.56 Å². The molecule has 1 heterocycles. The highest BCUT2D eigenvalue weighted by molar-refractivity contribution is 5.72. The Bertz CT molecular complexity index is 497. The summed E-state index contributed by atoms with van der Waals surface area (Å²) in [7, 11) is 0. The quantitative estimate of drug-likeness (QED) is 0.833. The monoisotopic (exact) mass is 229 g/mol. The molecule has 0 aliphatic heterocycles. The first-order valence-corrected chi connectivity index (χ1v) is 5.10. The molecule has 0 atom stereocenters. The van der Waals surface area contributed by atoms with Gasteiger partial charge < -0.3 is 10.4 Å². The summed E-state index contributed by atoms with van der Waals surface area (Å²) in [5, 5.41) is 19.1. The molecule has 0 bridgehead atoms. The molecule has 5 heteroatoms. The summed E-state index contributed by atoms with van der Waals surface area (Å²) >= 11 is 0. The van der Waals surface area contributed by atoms with Crippen molar-refractivity contribution in [3.05, 3.63) is 42.5 Å². The molecular formula is C12H11N3O2. The molecule has 0 spiro atoms. The van der Waals surface area contributed by atoms with Gasteiger partial charge in [0.05, 0.1) is 5.69 Å². The molecule has 0 aliphatic carbocycles. The van der Waals surface area contributed by atoms with Crippen molar-refractivity contribution in [1.29, 1.82) is 0 Å². The molecule has 0 aliphatic rings. The summed E-state index contributed by atoms with van der Waals surface area (Å²) in [4.78, 5) is 10.4. The summed E-state index contributed by atoms with van der Waals surface area (Å²) in [6.07, 6.45) is 0. The standard InChI is InChI=1S/C12H11N3O2/c16-12(17)8-13-11-7-6-10(14-15-11)9-4-2-1-3-5-9/h1-7H,8H2,(H,13,15)(H,16,17). The lowest BCUT2D eigenvalue weighted by Gasteiger charge is -2.03. The minimum atomic E-state index is -0.932. The van der Waals surface area contributed by atoms with Crippen molar-refractivity contribution in [3.63, 3.8) is 0 Å². The first kappa shape index (κ1) is 11.1. The van der Waals surface area contributed by atoms with Crippen LogP contribution < -0.4 is 5.32 Å². The number of nitrogens with zero attached hydrogens (tertiary/aromatic N) is 2. The van der Waals surface area contributed by atoms with Crippen molar-refractivity contribution >= 4 is 11.8 Å². The van der Waals surface area contributed by atoms with Crippen molar-refractivity contribution in [2.24, 2.45) is 0 Å². The molecule has 5 nitrogen and oxygen atoms in total. The lowest BCUT2D eigenvalue weighted by atomic mass is 10.1. The first-order valence-electron chi connectivity index (χ1n) is 5.10. The van der Waals surface area contributed by atoms with Gasteiger partial charge in [0.2, 0.25) is 0 Å². The third-order valence-electron chi connectivity index (χ3n) is 2.15. The Morgan fingerprint density at radius 3 is 2.47 bits per heavy atom. The summed E-state index contributed by atoms with van der Waals surface area (Å²) in [5.74, 6) is -0.481. The van der Waals surface area contributed by atoms with Gasteiger partial charge in [0.25, 0.3) is 0 Å². The zero-order valence-corrected chi connectivity index (χ0v) is 9.00. The van der Waals surface area contributed by atoms with E-state index >= 15 is 0 Å². The van der Waals surface area contributed by atoms with E-state index in [1.807, 2.05) is 30.3 Å². The van der Waals surface area contributed by atoms with Gasteiger partial charge in [0.1, 0.15) is 12.4 Å². The second-order valence-electron chi connectivity index (χ2n) is 3.42. The summed E-state index contributed by atoms with van der Waals surface area (Å²) < 4.78 is 0. The smallest absolute Gasteiger partial charge is 0.322 e. The molecule has 0 saturated carbocycles. The highest BCUT2D eigenvalue weighted by Gasteiger charge is 2.01. The third kappa shape index (κ3) is 3.01. The van der Waals surface area contributed by atoms with Gasteiger partial charge in [-0.15, -0.1) is 10.2 Å². The van der Waals surface area contributed by atoms with E-state index < -0.39 is 5.97 Å². The van der Waals surface area contributed by atoms with Crippen molar-refractivity contribution in [2.45, 2.75) is 0 Å². The van der Waals surface area contributed by atoms with Crippen LogP contribution in [0.15, 0.2) is 42.5 Å². The average Bonchev–Trinajstić information content (AvgIpc) is 2.38. The molecule has 0 amide bonds. The number of carboxylic acid groups (broad SMARTS) is 1. The van der Waals surface area contributed by atoms with Crippen LogP contribution in [0.2, 0.25) is 0 Å². The molecule has 86 valence electrons. The van der Waals surface area contributed by atoms with Crippen molar-refractivity contribution < 1.29 is 9.90 Å². The number of benzene rings is 1. The molecule has 0 radical (unpaired) electrons. The Morgan fingerprint density at radius 1 is 1.12 bits per heavy atom. The third-order valence-corrected chi connectivity index (χ3v) is 2.15. The molecule has 0 fully saturated rings. The molecule has 0 unspecified atom stereocenters. The fourth-order valence-electron chi connectivity index (χ4n) is 1.36. The fourth-order valence-corrected chi connectivity index (χ4v) is 1.36. The second kappa shape index (κ2) is 5.07. The summed E-state index contributed by atoms with van der Waals surface area (Å²) in [6.45, 7) is -0.167. The largest absolute Gasteiger partial charge is 0.480 e. The van der Waals surface area contributed by atoms with Gasteiger partial charge in [-0.3, -0.25) is 4.79 Å². The molecule has 1 aromatic carbocycles. The van der Waals surface area contributed by atoms with E-state index in [2.05, 4.69) is 15.5 Å². The number of carboxylic acids is 1. The van der Waals surface area contributed by atoms with Gasteiger partial charge in [-0.25, -0.2) is 0 Å². The Morgan fingerprint density at radius 2 is 1.88 bits per heavy atom. The van der Waals surface area contributed by atoms with E-state index in [1.165, 1.54) is 0 Å². The van der Waals surface area contributed by atoms with E-state index in [1.54, 1.807) is 12.1 Å². The summed E-state index contributed by atoms with van der Waals surface area (Å²) in [6, 6.07) is 13.2. The van der Waals surface area contributed by atoms with Gasteiger partial charge in [-0.1, -0.05) is 30.3 Å². The van der Waals surface area contributed by atoms with Crippen molar-refractivity contribution in [3.8, 4) is 11.3 Å². The Balaban J connectivity index is 2.11. The number of carbonyl (C=O) groups is 1. The SMILES string of the molecule is O=C(O)CNc1ccc(-c2ccccc2)nn1. The minimum Gasteiger partial charge on any atom is -0.480 e. The van der Waals surface area contributed by atoms with E-state index in [0.717, 1.165) is 11.3 Å². The molecule has 1 aromatic heterocycles. The zero-order chi connectivity index (χ0) is 12.1. The Hall–Kier alpha value is -2.43. The number of rotatable bonds is 4. The van der Waals surface area contributed by atoms with Gasteiger partial charge >= 0.3 is 5.97 Å². The Labute approximate surface area is 98.1 Å². The van der Waals surface area contributed by atoms with Crippen LogP contribution in [-0.2, 0) is 4.79 Å². The highest BCUT2D eigenvalue weighted by Crippen LogP contribution is 2.15. The Kier molecular flexibility index (Phi) is 3.30. The average molecular weight is 229 g/mol. The molecule has 2 aromatic rings. The van der Waals surface area contributed by atoms with Crippen LogP contribution in [0.3, 0.4) is 0 Å².